The zero-order chi connectivity index (χ0) is 16.8. The summed E-state index contributed by atoms with van der Waals surface area (Å²) in [6, 6.07) is 17.8. The number of nitrogens with zero attached hydrogens (tertiary/aromatic N) is 1. The largest absolute Gasteiger partial charge is 0.384 e. The molecule has 0 amide bonds. The molecule has 5 nitrogen and oxygen atoms in total. The molecule has 0 atom stereocenters. The van der Waals surface area contributed by atoms with Crippen LogP contribution in [0.2, 0.25) is 5.02 Å². The lowest BCUT2D eigenvalue weighted by Gasteiger charge is -2.07. The number of anilines is 3. The molecule has 2 aromatic carbocycles. The third-order valence-corrected chi connectivity index (χ3v) is 3.93. The summed E-state index contributed by atoms with van der Waals surface area (Å²) in [5, 5.41) is 17.7. The first-order chi connectivity index (χ1) is 11.8. The number of hydrogen-bond acceptors (Lipinski definition) is 4. The summed E-state index contributed by atoms with van der Waals surface area (Å²) < 4.78 is 0. The fraction of sp³-hybridized carbons (Fsp3) is 0.167. The fourth-order valence-electron chi connectivity index (χ4n) is 2.35. The molecule has 1 heterocycles. The number of nitrogens with one attached hydrogen (secondary N) is 4. The van der Waals surface area contributed by atoms with E-state index in [1.165, 1.54) is 0 Å². The van der Waals surface area contributed by atoms with Crippen molar-refractivity contribution in [3.63, 3.8) is 0 Å². The van der Waals surface area contributed by atoms with Crippen LogP contribution in [0.25, 0.3) is 11.3 Å². The Morgan fingerprint density at radius 2 is 1.75 bits per heavy atom. The number of likely N-dealkylation sites (N-methyl/N-ethyl adjacent to an activating group) is 1. The fourth-order valence-corrected chi connectivity index (χ4v) is 2.59. The summed E-state index contributed by atoms with van der Waals surface area (Å²) in [6.07, 6.45) is 0. The summed E-state index contributed by atoms with van der Waals surface area (Å²) in [5.41, 5.74) is 3.89. The molecule has 0 unspecified atom stereocenters. The Labute approximate surface area is 146 Å². The summed E-state index contributed by atoms with van der Waals surface area (Å²) in [6.45, 7) is 1.82. The van der Waals surface area contributed by atoms with Crippen LogP contribution < -0.4 is 16.0 Å². The molecule has 0 fully saturated rings. The van der Waals surface area contributed by atoms with Crippen molar-refractivity contribution in [2.45, 2.75) is 0 Å². The quantitative estimate of drug-likeness (QED) is 0.488. The maximum atomic E-state index is 6.22. The van der Waals surface area contributed by atoms with Crippen molar-refractivity contribution in [3.05, 3.63) is 59.6 Å². The highest BCUT2D eigenvalue weighted by Crippen LogP contribution is 2.28. The Morgan fingerprint density at radius 3 is 2.50 bits per heavy atom. The van der Waals surface area contributed by atoms with Crippen LogP contribution in [0.3, 0.4) is 0 Å². The highest BCUT2D eigenvalue weighted by atomic mass is 35.5. The van der Waals surface area contributed by atoms with Crippen LogP contribution in [-0.2, 0) is 0 Å². The first-order valence-electron chi connectivity index (χ1n) is 7.82. The van der Waals surface area contributed by atoms with Crippen LogP contribution >= 0.6 is 11.6 Å². The van der Waals surface area contributed by atoms with Crippen LogP contribution in [0.5, 0.6) is 0 Å². The van der Waals surface area contributed by atoms with Crippen molar-refractivity contribution in [2.24, 2.45) is 0 Å². The molecule has 3 rings (SSSR count). The van der Waals surface area contributed by atoms with Crippen molar-refractivity contribution >= 4 is 28.8 Å². The van der Waals surface area contributed by atoms with E-state index in [1.807, 2.05) is 61.6 Å². The molecule has 0 aliphatic heterocycles. The minimum Gasteiger partial charge on any atom is -0.384 e. The van der Waals surface area contributed by atoms with E-state index in [2.05, 4.69) is 26.1 Å². The summed E-state index contributed by atoms with van der Waals surface area (Å²) in [4.78, 5) is 0. The number of benzene rings is 2. The molecule has 1 aromatic heterocycles. The number of rotatable bonds is 7. The lowest BCUT2D eigenvalue weighted by molar-refractivity contribution is 0.824. The monoisotopic (exact) mass is 341 g/mol. The van der Waals surface area contributed by atoms with Gasteiger partial charge in [0.15, 0.2) is 5.82 Å². The number of aromatic amines is 1. The number of hydrogen-bond donors (Lipinski definition) is 4. The first kappa shape index (κ1) is 16.4. The van der Waals surface area contributed by atoms with E-state index >= 15 is 0 Å². The van der Waals surface area contributed by atoms with Crippen LogP contribution in [0.15, 0.2) is 54.6 Å². The summed E-state index contributed by atoms with van der Waals surface area (Å²) >= 11 is 6.22. The second-order valence-electron chi connectivity index (χ2n) is 5.38. The van der Waals surface area contributed by atoms with Crippen molar-refractivity contribution in [1.82, 2.24) is 15.5 Å². The molecule has 0 saturated heterocycles. The number of H-pyrrole nitrogens is 1. The predicted octanol–water partition coefficient (Wildman–Crippen LogP) is 4.11. The Kier molecular flexibility index (Phi) is 5.36. The average Bonchev–Trinajstić information content (AvgIpc) is 3.05. The topological polar surface area (TPSA) is 64.8 Å². The standard InChI is InChI=1S/C18H20ClN5/c1-20-10-11-21-13-6-8-14(9-7-13)22-18-12-17(23-24-18)15-4-2-3-5-16(15)19/h2-9,12,20-21H,10-11H2,1H3,(H2,22,23,24). The minimum atomic E-state index is 0.699. The minimum absolute atomic E-state index is 0.699. The van der Waals surface area contributed by atoms with E-state index in [-0.39, 0.29) is 0 Å². The summed E-state index contributed by atoms with van der Waals surface area (Å²) in [7, 11) is 1.94. The maximum Gasteiger partial charge on any atom is 0.152 e. The second kappa shape index (κ2) is 7.86. The highest BCUT2D eigenvalue weighted by molar-refractivity contribution is 6.33. The van der Waals surface area contributed by atoms with Gasteiger partial charge in [-0.15, -0.1) is 0 Å². The number of halogens is 1. The van der Waals surface area contributed by atoms with E-state index in [0.29, 0.717) is 5.02 Å². The van der Waals surface area contributed by atoms with Crippen molar-refractivity contribution in [2.75, 3.05) is 30.8 Å². The lowest BCUT2D eigenvalue weighted by atomic mass is 10.1. The van der Waals surface area contributed by atoms with Gasteiger partial charge in [0.25, 0.3) is 0 Å². The molecular formula is C18H20ClN5. The molecule has 0 aliphatic rings. The molecule has 0 radical (unpaired) electrons. The Hall–Kier alpha value is -2.50. The molecule has 0 spiro atoms. The zero-order valence-corrected chi connectivity index (χ0v) is 14.2. The molecule has 124 valence electrons. The van der Waals surface area contributed by atoms with Crippen molar-refractivity contribution in [1.29, 1.82) is 0 Å². The molecule has 0 aliphatic carbocycles. The maximum absolute atomic E-state index is 6.22. The van der Waals surface area contributed by atoms with Gasteiger partial charge in [-0.3, -0.25) is 5.10 Å². The van der Waals surface area contributed by atoms with Crippen molar-refractivity contribution in [3.8, 4) is 11.3 Å². The Morgan fingerprint density at radius 1 is 1.00 bits per heavy atom. The van der Waals surface area contributed by atoms with Gasteiger partial charge in [-0.05, 0) is 37.4 Å². The van der Waals surface area contributed by atoms with Crippen LogP contribution in [-0.4, -0.2) is 30.3 Å². The molecule has 3 aromatic rings. The first-order valence-corrected chi connectivity index (χ1v) is 8.20. The van der Waals surface area contributed by atoms with E-state index in [9.17, 15) is 0 Å². The van der Waals surface area contributed by atoms with Gasteiger partial charge in [0.05, 0.1) is 5.69 Å². The number of aromatic nitrogens is 2. The normalized spacial score (nSPS) is 10.6. The van der Waals surface area contributed by atoms with E-state index < -0.39 is 0 Å². The summed E-state index contributed by atoms with van der Waals surface area (Å²) in [5.74, 6) is 0.751. The molecule has 4 N–H and O–H groups in total. The average molecular weight is 342 g/mol. The lowest BCUT2D eigenvalue weighted by Crippen LogP contribution is -2.17. The molecule has 0 saturated carbocycles. The van der Waals surface area contributed by atoms with E-state index in [4.69, 9.17) is 11.6 Å². The SMILES string of the molecule is CNCCNc1ccc(Nc2cc(-c3ccccc3Cl)[nH]n2)cc1. The van der Waals surface area contributed by atoms with Gasteiger partial charge >= 0.3 is 0 Å². The molecule has 0 bridgehead atoms. The predicted molar refractivity (Wildman–Crippen MR) is 101 cm³/mol. The molecule has 24 heavy (non-hydrogen) atoms. The van der Waals surface area contributed by atoms with Gasteiger partial charge in [0.1, 0.15) is 0 Å². The molecular weight excluding hydrogens is 322 g/mol. The Bertz CT molecular complexity index is 782. The smallest absolute Gasteiger partial charge is 0.152 e. The Balaban J connectivity index is 1.65. The van der Waals surface area contributed by atoms with Crippen LogP contribution in [0.4, 0.5) is 17.2 Å². The highest BCUT2D eigenvalue weighted by Gasteiger charge is 2.07. The van der Waals surface area contributed by atoms with Crippen LogP contribution in [0, 0.1) is 0 Å². The van der Waals surface area contributed by atoms with Gasteiger partial charge in [0.2, 0.25) is 0 Å². The van der Waals surface area contributed by atoms with Crippen LogP contribution in [0.1, 0.15) is 0 Å². The van der Waals surface area contributed by atoms with Gasteiger partial charge in [0, 0.05) is 41.1 Å². The third kappa shape index (κ3) is 4.07. The van der Waals surface area contributed by atoms with E-state index in [1.54, 1.807) is 0 Å². The van der Waals surface area contributed by atoms with Gasteiger partial charge < -0.3 is 16.0 Å². The zero-order valence-electron chi connectivity index (χ0n) is 13.4. The van der Waals surface area contributed by atoms with E-state index in [0.717, 1.165) is 41.5 Å². The third-order valence-electron chi connectivity index (χ3n) is 3.60. The second-order valence-corrected chi connectivity index (χ2v) is 5.79. The van der Waals surface area contributed by atoms with Gasteiger partial charge in [-0.25, -0.2) is 0 Å². The van der Waals surface area contributed by atoms with Gasteiger partial charge in [-0.2, -0.15) is 5.10 Å². The van der Waals surface area contributed by atoms with Crippen molar-refractivity contribution < 1.29 is 0 Å². The van der Waals surface area contributed by atoms with Gasteiger partial charge in [-0.1, -0.05) is 29.8 Å². The molecule has 6 heteroatoms.